The summed E-state index contributed by atoms with van der Waals surface area (Å²) in [5.74, 6) is 0.913. The van der Waals surface area contributed by atoms with Crippen LogP contribution in [0.5, 0.6) is 11.5 Å². The van der Waals surface area contributed by atoms with Crippen molar-refractivity contribution in [1.29, 1.82) is 0 Å². The molecule has 2 aliphatic heterocycles. The second-order valence-corrected chi connectivity index (χ2v) is 6.86. The van der Waals surface area contributed by atoms with Crippen LogP contribution in [0.2, 0.25) is 0 Å². The van der Waals surface area contributed by atoms with Crippen LogP contribution in [0, 0.1) is 15.5 Å². The monoisotopic (exact) mass is 373 g/mol. The van der Waals surface area contributed by atoms with Gasteiger partial charge in [0.1, 0.15) is 0 Å². The van der Waals surface area contributed by atoms with Crippen molar-refractivity contribution in [2.75, 3.05) is 39.6 Å². The number of nitrogens with zero attached hydrogens (tertiary/aromatic N) is 2. The fourth-order valence-corrected chi connectivity index (χ4v) is 3.46. The summed E-state index contributed by atoms with van der Waals surface area (Å²) >= 11 is 0. The number of halogens is 1. The minimum atomic E-state index is -0.546. The number of fused-ring (bicyclic) bond motifs is 1. The van der Waals surface area contributed by atoms with E-state index in [4.69, 9.17) is 9.47 Å². The van der Waals surface area contributed by atoms with Gasteiger partial charge in [-0.15, -0.1) is 12.4 Å². The quantitative estimate of drug-likeness (QED) is 0.599. The van der Waals surface area contributed by atoms with Crippen molar-refractivity contribution in [3.05, 3.63) is 27.8 Å². The minimum Gasteiger partial charge on any atom is -0.454 e. The molecular formula is C16H24ClN3O5. The molecule has 9 heteroatoms. The predicted molar refractivity (Wildman–Crippen MR) is 94.5 cm³/mol. The number of aliphatic hydroxyl groups is 1. The molecule has 140 valence electrons. The van der Waals surface area contributed by atoms with Crippen LogP contribution >= 0.6 is 12.4 Å². The van der Waals surface area contributed by atoms with Gasteiger partial charge >= 0.3 is 0 Å². The molecule has 1 aromatic carbocycles. The molecule has 0 aliphatic carbocycles. The van der Waals surface area contributed by atoms with Crippen molar-refractivity contribution in [2.45, 2.75) is 19.9 Å². The molecule has 8 nitrogen and oxygen atoms in total. The third-order valence-electron chi connectivity index (χ3n) is 4.68. The van der Waals surface area contributed by atoms with Crippen molar-refractivity contribution in [3.8, 4) is 11.5 Å². The van der Waals surface area contributed by atoms with Crippen LogP contribution in [-0.2, 0) is 0 Å². The lowest BCUT2D eigenvalue weighted by Gasteiger charge is -2.43. The predicted octanol–water partition coefficient (Wildman–Crippen LogP) is 1.71. The second kappa shape index (κ2) is 7.74. The first kappa shape index (κ1) is 19.7. The molecule has 1 saturated heterocycles. The third-order valence-corrected chi connectivity index (χ3v) is 4.68. The number of piperazine rings is 1. The molecule has 0 saturated carbocycles. The first-order valence-corrected chi connectivity index (χ1v) is 8.07. The molecule has 0 unspecified atom stereocenters. The smallest absolute Gasteiger partial charge is 0.278 e. The zero-order valence-corrected chi connectivity index (χ0v) is 15.2. The Balaban J connectivity index is 0.00000225. The fraction of sp³-hybridized carbons (Fsp3) is 0.625. The lowest BCUT2D eigenvalue weighted by atomic mass is 9.79. The van der Waals surface area contributed by atoms with Crippen molar-refractivity contribution in [2.24, 2.45) is 5.41 Å². The van der Waals surface area contributed by atoms with Gasteiger partial charge in [0.25, 0.3) is 5.69 Å². The Bertz CT molecular complexity index is 634. The molecule has 0 spiro atoms. The number of aliphatic hydroxyl groups excluding tert-OH is 1. The second-order valence-electron chi connectivity index (χ2n) is 6.86. The summed E-state index contributed by atoms with van der Waals surface area (Å²) in [7, 11) is 0. The number of nitrogens with one attached hydrogen (secondary N) is 1. The van der Waals surface area contributed by atoms with Gasteiger partial charge in [-0.05, 0) is 6.07 Å². The summed E-state index contributed by atoms with van der Waals surface area (Å²) in [5.41, 5.74) is 0.0185. The topological polar surface area (TPSA) is 97.1 Å². The van der Waals surface area contributed by atoms with Gasteiger partial charge in [-0.2, -0.15) is 0 Å². The number of benzene rings is 1. The lowest BCUT2D eigenvalue weighted by molar-refractivity contribution is -0.386. The average molecular weight is 374 g/mol. The van der Waals surface area contributed by atoms with Gasteiger partial charge in [-0.1, -0.05) is 13.8 Å². The molecule has 2 aliphatic rings. The summed E-state index contributed by atoms with van der Waals surface area (Å²) < 4.78 is 10.7. The molecule has 3 rings (SSSR count). The van der Waals surface area contributed by atoms with Gasteiger partial charge in [-0.3, -0.25) is 15.0 Å². The molecular weight excluding hydrogens is 350 g/mol. The maximum Gasteiger partial charge on any atom is 0.278 e. The summed E-state index contributed by atoms with van der Waals surface area (Å²) in [4.78, 5) is 13.4. The Morgan fingerprint density at radius 3 is 2.48 bits per heavy atom. The van der Waals surface area contributed by atoms with Crippen LogP contribution < -0.4 is 14.8 Å². The van der Waals surface area contributed by atoms with Gasteiger partial charge in [0.2, 0.25) is 6.79 Å². The summed E-state index contributed by atoms with van der Waals surface area (Å²) in [5, 5.41) is 24.8. The maximum atomic E-state index is 11.6. The van der Waals surface area contributed by atoms with E-state index in [0.29, 0.717) is 17.1 Å². The highest BCUT2D eigenvalue weighted by Gasteiger charge is 2.40. The average Bonchev–Trinajstić information content (AvgIpc) is 3.02. The largest absolute Gasteiger partial charge is 0.454 e. The highest BCUT2D eigenvalue weighted by atomic mass is 35.5. The molecule has 0 bridgehead atoms. The molecule has 2 N–H and O–H groups in total. The van der Waals surface area contributed by atoms with E-state index in [1.807, 2.05) is 13.8 Å². The Labute approximate surface area is 152 Å². The molecule has 0 amide bonds. The van der Waals surface area contributed by atoms with Crippen molar-refractivity contribution in [3.63, 3.8) is 0 Å². The number of rotatable bonds is 5. The van der Waals surface area contributed by atoms with Crippen LogP contribution in [0.4, 0.5) is 5.69 Å². The molecule has 0 radical (unpaired) electrons. The molecule has 1 fully saturated rings. The molecule has 1 aromatic rings. The van der Waals surface area contributed by atoms with E-state index in [1.54, 1.807) is 6.07 Å². The van der Waals surface area contributed by atoms with Gasteiger partial charge in [0, 0.05) is 44.2 Å². The van der Waals surface area contributed by atoms with E-state index < -0.39 is 5.41 Å². The number of ether oxygens (including phenoxy) is 2. The highest BCUT2D eigenvalue weighted by molar-refractivity contribution is 5.85. The van der Waals surface area contributed by atoms with E-state index in [2.05, 4.69) is 10.2 Å². The molecule has 0 aromatic heterocycles. The summed E-state index contributed by atoms with van der Waals surface area (Å²) in [6, 6.07) is 2.84. The summed E-state index contributed by atoms with van der Waals surface area (Å²) in [6.07, 6.45) is 0. The third kappa shape index (κ3) is 3.82. The zero-order chi connectivity index (χ0) is 17.3. The minimum absolute atomic E-state index is 0. The van der Waals surface area contributed by atoms with E-state index in [-0.39, 0.29) is 42.5 Å². The van der Waals surface area contributed by atoms with Gasteiger partial charge in [0.05, 0.1) is 16.6 Å². The van der Waals surface area contributed by atoms with Gasteiger partial charge in [0.15, 0.2) is 11.5 Å². The number of nitro groups is 1. The highest BCUT2D eigenvalue weighted by Crippen LogP contribution is 2.46. The SMILES string of the molecule is CC(C)(CO)[C@H](c1cc2c(cc1[N+](=O)[O-])OCO2)N1CCNCC1.Cl. The molecule has 25 heavy (non-hydrogen) atoms. The Morgan fingerprint density at radius 1 is 1.32 bits per heavy atom. The number of hydrogen-bond donors (Lipinski definition) is 2. The summed E-state index contributed by atoms with van der Waals surface area (Å²) in [6.45, 7) is 7.00. The maximum absolute atomic E-state index is 11.6. The lowest BCUT2D eigenvalue weighted by Crippen LogP contribution is -2.49. The Morgan fingerprint density at radius 2 is 1.92 bits per heavy atom. The Hall–Kier alpha value is -1.61. The van der Waals surface area contributed by atoms with Crippen LogP contribution in [0.15, 0.2) is 12.1 Å². The van der Waals surface area contributed by atoms with Crippen LogP contribution in [0.1, 0.15) is 25.5 Å². The Kier molecular flexibility index (Phi) is 6.10. The van der Waals surface area contributed by atoms with Crippen molar-refractivity contribution < 1.29 is 19.5 Å². The van der Waals surface area contributed by atoms with E-state index >= 15 is 0 Å². The van der Waals surface area contributed by atoms with Crippen molar-refractivity contribution >= 4 is 18.1 Å². The number of hydrogen-bond acceptors (Lipinski definition) is 7. The van der Waals surface area contributed by atoms with Gasteiger partial charge in [-0.25, -0.2) is 0 Å². The number of nitro benzene ring substituents is 1. The van der Waals surface area contributed by atoms with E-state index in [0.717, 1.165) is 26.2 Å². The van der Waals surface area contributed by atoms with Crippen LogP contribution in [-0.4, -0.2) is 54.5 Å². The fourth-order valence-electron chi connectivity index (χ4n) is 3.46. The molecule has 2 heterocycles. The van der Waals surface area contributed by atoms with E-state index in [1.165, 1.54) is 6.07 Å². The zero-order valence-electron chi connectivity index (χ0n) is 14.4. The van der Waals surface area contributed by atoms with Gasteiger partial charge < -0.3 is 19.9 Å². The van der Waals surface area contributed by atoms with Crippen LogP contribution in [0.25, 0.3) is 0 Å². The van der Waals surface area contributed by atoms with Crippen LogP contribution in [0.3, 0.4) is 0 Å². The van der Waals surface area contributed by atoms with Crippen molar-refractivity contribution in [1.82, 2.24) is 10.2 Å². The van der Waals surface area contributed by atoms with E-state index in [9.17, 15) is 15.2 Å². The normalized spacial score (nSPS) is 18.5. The molecule has 1 atom stereocenters. The first-order chi connectivity index (χ1) is 11.4. The first-order valence-electron chi connectivity index (χ1n) is 8.07. The standard InChI is InChI=1S/C16H23N3O5.ClH/c1-16(2,9-20)15(18-5-3-17-4-6-18)11-7-13-14(24-10-23-13)8-12(11)19(21)22;/h7-8,15,17,20H,3-6,9-10H2,1-2H3;1H/t15-;/m0./s1.